The molecule has 0 saturated carbocycles. The zero-order valence-electron chi connectivity index (χ0n) is 16.8. The molecular formula is C21H16FN7O3. The Labute approximate surface area is 179 Å². The van der Waals surface area contributed by atoms with E-state index in [-0.39, 0.29) is 17.5 Å². The molecule has 0 radical (unpaired) electrons. The van der Waals surface area contributed by atoms with E-state index in [9.17, 15) is 4.79 Å². The summed E-state index contributed by atoms with van der Waals surface area (Å²) in [5, 5.41) is 8.24. The van der Waals surface area contributed by atoms with Gasteiger partial charge in [0.25, 0.3) is 5.89 Å². The summed E-state index contributed by atoms with van der Waals surface area (Å²) in [6.45, 7) is 0.290. The van der Waals surface area contributed by atoms with Gasteiger partial charge in [-0.25, -0.2) is 14.4 Å². The van der Waals surface area contributed by atoms with Crippen LogP contribution in [-0.2, 0) is 13.5 Å². The third-order valence-corrected chi connectivity index (χ3v) is 5.64. The van der Waals surface area contributed by atoms with Crippen molar-refractivity contribution in [1.29, 1.82) is 0 Å². The molecule has 11 heteroatoms. The van der Waals surface area contributed by atoms with Crippen molar-refractivity contribution >= 4 is 16.9 Å². The van der Waals surface area contributed by atoms with Crippen LogP contribution in [0.3, 0.4) is 0 Å². The van der Waals surface area contributed by atoms with Crippen molar-refractivity contribution in [3.8, 4) is 11.6 Å². The Balaban J connectivity index is 1.44. The summed E-state index contributed by atoms with van der Waals surface area (Å²) >= 11 is 0. The van der Waals surface area contributed by atoms with Gasteiger partial charge in [-0.15, -0.1) is 10.2 Å². The number of rotatable bonds is 3. The van der Waals surface area contributed by atoms with Gasteiger partial charge in [0.2, 0.25) is 0 Å². The number of hydrogen-bond acceptors (Lipinski definition) is 7. The lowest BCUT2D eigenvalue weighted by atomic mass is 9.99. The highest BCUT2D eigenvalue weighted by molar-refractivity contribution is 5.90. The summed E-state index contributed by atoms with van der Waals surface area (Å²) in [7, 11) is 1.78. The first-order chi connectivity index (χ1) is 15.6. The number of furan rings is 1. The van der Waals surface area contributed by atoms with E-state index in [1.54, 1.807) is 48.4 Å². The van der Waals surface area contributed by atoms with E-state index in [4.69, 9.17) is 8.83 Å². The summed E-state index contributed by atoms with van der Waals surface area (Å²) < 4.78 is 28.6. The quantitative estimate of drug-likeness (QED) is 0.465. The van der Waals surface area contributed by atoms with Crippen molar-refractivity contribution in [2.24, 2.45) is 7.05 Å². The third kappa shape index (κ3) is 2.67. The molecule has 0 spiro atoms. The smallest absolute Gasteiger partial charge is 0.312 e. The number of halogens is 1. The second-order valence-electron chi connectivity index (χ2n) is 7.50. The minimum Gasteiger partial charge on any atom is -0.455 e. The maximum Gasteiger partial charge on any atom is 0.312 e. The van der Waals surface area contributed by atoms with Gasteiger partial charge in [-0.1, -0.05) is 12.1 Å². The number of para-hydroxylation sites is 1. The number of carbonyl (C=O) groups excluding carboxylic acids is 1. The summed E-state index contributed by atoms with van der Waals surface area (Å²) in [6, 6.07) is 5.93. The molecule has 1 aliphatic rings. The Morgan fingerprint density at radius 2 is 2.12 bits per heavy atom. The second-order valence-corrected chi connectivity index (χ2v) is 7.50. The van der Waals surface area contributed by atoms with Gasteiger partial charge in [0.1, 0.15) is 17.3 Å². The van der Waals surface area contributed by atoms with Crippen molar-refractivity contribution in [1.82, 2.24) is 34.6 Å². The minimum absolute atomic E-state index is 0.0129. The van der Waals surface area contributed by atoms with Crippen LogP contribution in [0.1, 0.15) is 33.9 Å². The molecule has 0 unspecified atom stereocenters. The van der Waals surface area contributed by atoms with Crippen LogP contribution < -0.4 is 0 Å². The number of aromatic nitrogens is 6. The van der Waals surface area contributed by atoms with Gasteiger partial charge < -0.3 is 23.3 Å². The van der Waals surface area contributed by atoms with Gasteiger partial charge in [-0.3, -0.25) is 4.79 Å². The molecule has 0 aliphatic carbocycles. The van der Waals surface area contributed by atoms with Crippen molar-refractivity contribution < 1.29 is 18.0 Å². The normalized spacial score (nSPS) is 15.9. The first-order valence-corrected chi connectivity index (χ1v) is 9.92. The Morgan fingerprint density at radius 1 is 1.25 bits per heavy atom. The van der Waals surface area contributed by atoms with E-state index in [2.05, 4.69) is 25.1 Å². The third-order valence-electron chi connectivity index (χ3n) is 5.64. The van der Waals surface area contributed by atoms with Gasteiger partial charge in [0.15, 0.2) is 11.6 Å². The molecule has 10 nitrogen and oxygen atoms in total. The molecule has 32 heavy (non-hydrogen) atoms. The Kier molecular flexibility index (Phi) is 3.97. The molecule has 0 saturated heterocycles. The number of nitrogens with one attached hydrogen (secondary N) is 1. The largest absolute Gasteiger partial charge is 0.455 e. The van der Waals surface area contributed by atoms with Crippen LogP contribution in [0.5, 0.6) is 0 Å². The maximum atomic E-state index is 15.4. The van der Waals surface area contributed by atoms with Crippen molar-refractivity contribution in [3.63, 3.8) is 0 Å². The number of hydrogen-bond donors (Lipinski definition) is 1. The molecule has 4 aromatic heterocycles. The maximum absolute atomic E-state index is 15.4. The predicted octanol–water partition coefficient (Wildman–Crippen LogP) is 2.87. The number of fused-ring (bicyclic) bond motifs is 2. The van der Waals surface area contributed by atoms with Crippen molar-refractivity contribution in [2.45, 2.75) is 12.5 Å². The van der Waals surface area contributed by atoms with E-state index in [0.29, 0.717) is 35.3 Å². The summed E-state index contributed by atoms with van der Waals surface area (Å²) in [4.78, 5) is 26.3. The van der Waals surface area contributed by atoms with Crippen LogP contribution in [0.15, 0.2) is 52.0 Å². The number of benzene rings is 1. The molecule has 1 aliphatic heterocycles. The summed E-state index contributed by atoms with van der Waals surface area (Å²) in [5.74, 6) is -1.09. The van der Waals surface area contributed by atoms with Crippen LogP contribution >= 0.6 is 0 Å². The van der Waals surface area contributed by atoms with Crippen LogP contribution in [0.2, 0.25) is 0 Å². The molecule has 160 valence electrons. The highest BCUT2D eigenvalue weighted by Crippen LogP contribution is 2.39. The zero-order chi connectivity index (χ0) is 21.8. The fraction of sp³-hybridized carbons (Fsp3) is 0.190. The van der Waals surface area contributed by atoms with Crippen molar-refractivity contribution in [2.75, 3.05) is 6.54 Å². The van der Waals surface area contributed by atoms with E-state index < -0.39 is 17.8 Å². The Hall–Kier alpha value is -4.28. The number of carbonyl (C=O) groups is 1. The Bertz CT molecular complexity index is 1460. The Morgan fingerprint density at radius 3 is 2.94 bits per heavy atom. The predicted molar refractivity (Wildman–Crippen MR) is 108 cm³/mol. The lowest BCUT2D eigenvalue weighted by Gasteiger charge is -2.32. The van der Waals surface area contributed by atoms with E-state index in [1.807, 2.05) is 0 Å². The number of H-pyrrole nitrogens is 1. The van der Waals surface area contributed by atoms with E-state index in [1.165, 1.54) is 11.2 Å². The SMILES string of the molecule is Cn1cncc1-c1nnc(C(=O)N2CCc3[nH]cnc3[C@H]2c2oc3ccccc3c2F)o1. The molecule has 1 amide bonds. The van der Waals surface area contributed by atoms with E-state index in [0.717, 1.165) is 5.69 Å². The van der Waals surface area contributed by atoms with Crippen molar-refractivity contribution in [3.05, 3.63) is 72.0 Å². The molecule has 1 aromatic carbocycles. The van der Waals surface area contributed by atoms with Gasteiger partial charge in [-0.2, -0.15) is 0 Å². The number of amides is 1. The van der Waals surface area contributed by atoms with Gasteiger partial charge in [0, 0.05) is 25.7 Å². The zero-order valence-corrected chi connectivity index (χ0v) is 16.8. The summed E-state index contributed by atoms with van der Waals surface area (Å²) in [5.41, 5.74) is 2.31. The van der Waals surface area contributed by atoms with Gasteiger partial charge in [0.05, 0.1) is 29.9 Å². The van der Waals surface area contributed by atoms with Gasteiger partial charge in [-0.05, 0) is 12.1 Å². The highest BCUT2D eigenvalue weighted by atomic mass is 19.1. The molecule has 1 atom stereocenters. The molecule has 1 N–H and O–H groups in total. The standard InChI is InChI=1S/C21H16FN7O3/c1-28-10-23-8-13(28)19-26-27-20(32-19)21(30)29-7-6-12-16(25-9-24-12)17(29)18-15(22)11-4-2-3-5-14(11)31-18/h2-5,8-10,17H,6-7H2,1H3,(H,24,25)/t17-/m0/s1. The fourth-order valence-corrected chi connectivity index (χ4v) is 4.07. The van der Waals surface area contributed by atoms with Crippen LogP contribution in [-0.4, -0.2) is 47.1 Å². The molecule has 5 aromatic rings. The number of aromatic amines is 1. The lowest BCUT2D eigenvalue weighted by molar-refractivity contribution is 0.0628. The molecule has 5 heterocycles. The topological polar surface area (TPSA) is 119 Å². The lowest BCUT2D eigenvalue weighted by Crippen LogP contribution is -2.41. The van der Waals surface area contributed by atoms with E-state index >= 15 is 4.39 Å². The molecular weight excluding hydrogens is 417 g/mol. The average Bonchev–Trinajstić information content (AvgIpc) is 3.59. The summed E-state index contributed by atoms with van der Waals surface area (Å²) in [6.07, 6.45) is 5.19. The monoisotopic (exact) mass is 433 g/mol. The average molecular weight is 433 g/mol. The number of imidazole rings is 2. The van der Waals surface area contributed by atoms with Gasteiger partial charge >= 0.3 is 11.8 Å². The first kappa shape index (κ1) is 18.5. The fourth-order valence-electron chi connectivity index (χ4n) is 4.07. The van der Waals surface area contributed by atoms with Crippen LogP contribution in [0, 0.1) is 5.82 Å². The highest BCUT2D eigenvalue weighted by Gasteiger charge is 2.40. The molecule has 0 fully saturated rings. The number of nitrogens with zero attached hydrogens (tertiary/aromatic N) is 6. The first-order valence-electron chi connectivity index (χ1n) is 9.92. The minimum atomic E-state index is -0.878. The van der Waals surface area contributed by atoms with Crippen LogP contribution in [0.25, 0.3) is 22.6 Å². The van der Waals surface area contributed by atoms with Crippen LogP contribution in [0.4, 0.5) is 4.39 Å². The molecule has 0 bridgehead atoms. The second kappa shape index (κ2) is 6.87. The number of aryl methyl sites for hydroxylation is 1. The molecule has 6 rings (SSSR count).